The summed E-state index contributed by atoms with van der Waals surface area (Å²) in [5, 5.41) is 7.36. The van der Waals surface area contributed by atoms with E-state index in [9.17, 15) is 4.39 Å². The van der Waals surface area contributed by atoms with Gasteiger partial charge in [-0.1, -0.05) is 6.07 Å². The zero-order valence-electron chi connectivity index (χ0n) is 12.0. The van der Waals surface area contributed by atoms with Gasteiger partial charge in [-0.15, -0.1) is 0 Å². The third-order valence-electron chi connectivity index (χ3n) is 3.40. The number of hydrogen-bond donors (Lipinski definition) is 3. The lowest BCUT2D eigenvalue weighted by molar-refractivity contribution is 0.584. The first kappa shape index (κ1) is 13.6. The van der Waals surface area contributed by atoms with E-state index in [1.165, 1.54) is 5.56 Å². The summed E-state index contributed by atoms with van der Waals surface area (Å²) in [4.78, 5) is 7.05. The number of rotatable bonds is 4. The van der Waals surface area contributed by atoms with Crippen molar-refractivity contribution in [2.75, 3.05) is 12.4 Å². The smallest absolute Gasteiger partial charge is 0.236 e. The highest BCUT2D eigenvalue weighted by Gasteiger charge is 2.07. The van der Waals surface area contributed by atoms with Crippen LogP contribution in [0.1, 0.15) is 11.3 Å². The van der Waals surface area contributed by atoms with E-state index in [-0.39, 0.29) is 0 Å². The standard InChI is InChI=1S/C16H17FN4/c1-10-3-6-14(16(17)20-10)21-12-4-5-13-11(8-18-2)9-19-15(13)7-12/h3-7,9,18-19,21H,8H2,1-2H3. The van der Waals surface area contributed by atoms with Crippen molar-refractivity contribution in [1.29, 1.82) is 0 Å². The number of aryl methyl sites for hydroxylation is 1. The predicted octanol–water partition coefficient (Wildman–Crippen LogP) is 3.47. The minimum atomic E-state index is -0.488. The zero-order chi connectivity index (χ0) is 14.8. The number of halogens is 1. The molecule has 0 bridgehead atoms. The van der Waals surface area contributed by atoms with Gasteiger partial charge in [0.15, 0.2) is 0 Å². The Hall–Kier alpha value is -2.40. The number of fused-ring (bicyclic) bond motifs is 1. The maximum absolute atomic E-state index is 13.8. The van der Waals surface area contributed by atoms with Crippen LogP contribution in [0.5, 0.6) is 0 Å². The summed E-state index contributed by atoms with van der Waals surface area (Å²) in [5.41, 5.74) is 4.09. The van der Waals surface area contributed by atoms with Gasteiger partial charge in [-0.05, 0) is 43.8 Å². The minimum absolute atomic E-state index is 0.377. The van der Waals surface area contributed by atoms with Crippen molar-refractivity contribution >= 4 is 22.3 Å². The molecular weight excluding hydrogens is 267 g/mol. The summed E-state index contributed by atoms with van der Waals surface area (Å²) < 4.78 is 13.8. The van der Waals surface area contributed by atoms with Crippen molar-refractivity contribution in [3.63, 3.8) is 0 Å². The lowest BCUT2D eigenvalue weighted by atomic mass is 10.1. The van der Waals surface area contributed by atoms with Crippen LogP contribution in [0.15, 0.2) is 36.5 Å². The molecule has 4 nitrogen and oxygen atoms in total. The second-order valence-electron chi connectivity index (χ2n) is 5.02. The van der Waals surface area contributed by atoms with Gasteiger partial charge >= 0.3 is 0 Å². The number of aromatic nitrogens is 2. The molecule has 3 N–H and O–H groups in total. The fourth-order valence-electron chi connectivity index (χ4n) is 2.37. The molecule has 21 heavy (non-hydrogen) atoms. The monoisotopic (exact) mass is 284 g/mol. The van der Waals surface area contributed by atoms with Crippen LogP contribution in [0.3, 0.4) is 0 Å². The van der Waals surface area contributed by atoms with E-state index in [4.69, 9.17) is 0 Å². The summed E-state index contributed by atoms with van der Waals surface area (Å²) in [6.45, 7) is 2.57. The molecule has 3 rings (SSSR count). The fraction of sp³-hybridized carbons (Fsp3) is 0.188. The van der Waals surface area contributed by atoms with Gasteiger partial charge < -0.3 is 15.6 Å². The molecular formula is C16H17FN4. The number of nitrogens with one attached hydrogen (secondary N) is 3. The summed E-state index contributed by atoms with van der Waals surface area (Å²) >= 11 is 0. The predicted molar refractivity (Wildman–Crippen MR) is 83.3 cm³/mol. The van der Waals surface area contributed by atoms with Crippen LogP contribution < -0.4 is 10.6 Å². The molecule has 0 atom stereocenters. The van der Waals surface area contributed by atoms with E-state index >= 15 is 0 Å². The molecule has 0 spiro atoms. The molecule has 0 aliphatic carbocycles. The number of anilines is 2. The van der Waals surface area contributed by atoms with Crippen molar-refractivity contribution in [3.8, 4) is 0 Å². The lowest BCUT2D eigenvalue weighted by Gasteiger charge is -2.08. The van der Waals surface area contributed by atoms with Gasteiger partial charge in [-0.2, -0.15) is 4.39 Å². The molecule has 0 fully saturated rings. The number of pyridine rings is 1. The summed E-state index contributed by atoms with van der Waals surface area (Å²) in [6.07, 6.45) is 1.99. The molecule has 2 heterocycles. The first-order chi connectivity index (χ1) is 10.2. The number of nitrogens with zero attached hydrogens (tertiary/aromatic N) is 1. The summed E-state index contributed by atoms with van der Waals surface area (Å²) in [7, 11) is 1.92. The molecule has 0 aliphatic rings. The molecule has 0 saturated heterocycles. The van der Waals surface area contributed by atoms with Gasteiger partial charge in [0, 0.05) is 35.0 Å². The summed E-state index contributed by atoms with van der Waals surface area (Å²) in [6, 6.07) is 9.41. The first-order valence-electron chi connectivity index (χ1n) is 6.82. The Morgan fingerprint density at radius 2 is 2.10 bits per heavy atom. The largest absolute Gasteiger partial charge is 0.361 e. The second-order valence-corrected chi connectivity index (χ2v) is 5.02. The normalized spacial score (nSPS) is 11.0. The third-order valence-corrected chi connectivity index (χ3v) is 3.40. The van der Waals surface area contributed by atoms with Crippen molar-refractivity contribution in [1.82, 2.24) is 15.3 Å². The quantitative estimate of drug-likeness (QED) is 0.643. The van der Waals surface area contributed by atoms with E-state index in [1.54, 1.807) is 19.1 Å². The second kappa shape index (κ2) is 5.54. The third kappa shape index (κ3) is 2.73. The molecule has 5 heteroatoms. The zero-order valence-corrected chi connectivity index (χ0v) is 12.0. The van der Waals surface area contributed by atoms with Crippen LogP contribution in [-0.4, -0.2) is 17.0 Å². The first-order valence-corrected chi connectivity index (χ1v) is 6.82. The number of hydrogen-bond acceptors (Lipinski definition) is 3. The molecule has 2 aromatic heterocycles. The number of H-pyrrole nitrogens is 1. The van der Waals surface area contributed by atoms with Crippen molar-refractivity contribution in [2.24, 2.45) is 0 Å². The topological polar surface area (TPSA) is 52.7 Å². The van der Waals surface area contributed by atoms with Gasteiger partial charge in [-0.25, -0.2) is 4.98 Å². The Labute approximate surface area is 122 Å². The van der Waals surface area contributed by atoms with Crippen molar-refractivity contribution < 1.29 is 4.39 Å². The minimum Gasteiger partial charge on any atom is -0.361 e. The molecule has 1 aromatic carbocycles. The molecule has 0 unspecified atom stereocenters. The molecule has 0 radical (unpaired) electrons. The Bertz CT molecular complexity index is 779. The van der Waals surface area contributed by atoms with Gasteiger partial charge in [0.05, 0.1) is 5.69 Å². The van der Waals surface area contributed by atoms with Crippen LogP contribution in [0.4, 0.5) is 15.8 Å². The van der Waals surface area contributed by atoms with E-state index in [0.29, 0.717) is 11.4 Å². The Morgan fingerprint density at radius 3 is 2.86 bits per heavy atom. The Kier molecular flexibility index (Phi) is 3.58. The molecule has 3 aromatic rings. The van der Waals surface area contributed by atoms with Crippen LogP contribution in [0, 0.1) is 12.9 Å². The SMILES string of the molecule is CNCc1c[nH]c2cc(Nc3ccc(C)nc3F)ccc12. The van der Waals surface area contributed by atoms with Crippen LogP contribution in [0.25, 0.3) is 10.9 Å². The van der Waals surface area contributed by atoms with Gasteiger partial charge in [-0.3, -0.25) is 0 Å². The molecule has 108 valence electrons. The molecule has 0 amide bonds. The van der Waals surface area contributed by atoms with E-state index < -0.39 is 5.95 Å². The highest BCUT2D eigenvalue weighted by molar-refractivity contribution is 5.86. The van der Waals surface area contributed by atoms with Gasteiger partial charge in [0.25, 0.3) is 0 Å². The van der Waals surface area contributed by atoms with E-state index in [0.717, 1.165) is 23.1 Å². The van der Waals surface area contributed by atoms with Crippen LogP contribution >= 0.6 is 0 Å². The highest BCUT2D eigenvalue weighted by atomic mass is 19.1. The average Bonchev–Trinajstić information content (AvgIpc) is 2.85. The fourth-order valence-corrected chi connectivity index (χ4v) is 2.37. The van der Waals surface area contributed by atoms with Crippen LogP contribution in [0.2, 0.25) is 0 Å². The van der Waals surface area contributed by atoms with Crippen molar-refractivity contribution in [3.05, 3.63) is 53.7 Å². The maximum atomic E-state index is 13.8. The Morgan fingerprint density at radius 1 is 1.24 bits per heavy atom. The lowest BCUT2D eigenvalue weighted by Crippen LogP contribution is -2.03. The van der Waals surface area contributed by atoms with E-state index in [1.807, 2.05) is 31.4 Å². The average molecular weight is 284 g/mol. The number of benzene rings is 1. The van der Waals surface area contributed by atoms with Crippen molar-refractivity contribution in [2.45, 2.75) is 13.5 Å². The summed E-state index contributed by atoms with van der Waals surface area (Å²) in [5.74, 6) is -0.488. The maximum Gasteiger partial charge on any atom is 0.236 e. The van der Waals surface area contributed by atoms with Crippen LogP contribution in [-0.2, 0) is 6.54 Å². The van der Waals surface area contributed by atoms with Gasteiger partial charge in [0.2, 0.25) is 5.95 Å². The molecule has 0 saturated carbocycles. The van der Waals surface area contributed by atoms with E-state index in [2.05, 4.69) is 20.6 Å². The number of aromatic amines is 1. The molecule has 0 aliphatic heterocycles. The Balaban J connectivity index is 1.91. The highest BCUT2D eigenvalue weighted by Crippen LogP contribution is 2.25. The van der Waals surface area contributed by atoms with Gasteiger partial charge in [0.1, 0.15) is 0 Å².